The van der Waals surface area contributed by atoms with Crippen molar-refractivity contribution in [3.63, 3.8) is 0 Å². The van der Waals surface area contributed by atoms with Crippen LogP contribution in [-0.2, 0) is 0 Å². The Kier molecular flexibility index (Phi) is 3.02. The lowest BCUT2D eigenvalue weighted by Gasteiger charge is -2.21. The molecule has 1 aromatic heterocycles. The van der Waals surface area contributed by atoms with Crippen molar-refractivity contribution in [2.45, 2.75) is 18.8 Å². The van der Waals surface area contributed by atoms with Gasteiger partial charge in [-0.3, -0.25) is 0 Å². The van der Waals surface area contributed by atoms with E-state index in [-0.39, 0.29) is 5.75 Å². The Labute approximate surface area is 106 Å². The number of aromatic nitrogens is 2. The normalized spacial score (nSPS) is 19.9. The zero-order valence-electron chi connectivity index (χ0n) is 10.2. The fraction of sp³-hybridized carbons (Fsp3) is 0.357. The molecule has 94 valence electrons. The van der Waals surface area contributed by atoms with E-state index in [0.29, 0.717) is 5.92 Å². The highest BCUT2D eigenvalue weighted by molar-refractivity contribution is 5.36. The van der Waals surface area contributed by atoms with Gasteiger partial charge in [-0.15, -0.1) is 0 Å². The molecule has 1 aliphatic heterocycles. The first-order chi connectivity index (χ1) is 8.83. The molecule has 0 spiro atoms. The Balaban J connectivity index is 1.82. The summed E-state index contributed by atoms with van der Waals surface area (Å²) in [6.45, 7) is 2.17. The summed E-state index contributed by atoms with van der Waals surface area (Å²) in [4.78, 5) is 0. The lowest BCUT2D eigenvalue weighted by atomic mass is 9.94. The second-order valence-corrected chi connectivity index (χ2v) is 4.78. The summed E-state index contributed by atoms with van der Waals surface area (Å²) < 4.78 is 1.86. The predicted molar refractivity (Wildman–Crippen MR) is 70.1 cm³/mol. The molecule has 4 nitrogen and oxygen atoms in total. The van der Waals surface area contributed by atoms with Gasteiger partial charge < -0.3 is 10.4 Å². The molecule has 2 aromatic rings. The number of phenolic OH excluding ortho intramolecular Hbond substituents is 1. The van der Waals surface area contributed by atoms with Crippen LogP contribution in [0.1, 0.15) is 24.3 Å². The number of aromatic hydroxyl groups is 1. The molecule has 4 heteroatoms. The van der Waals surface area contributed by atoms with Crippen LogP contribution in [-0.4, -0.2) is 28.0 Å². The molecule has 2 N–H and O–H groups in total. The van der Waals surface area contributed by atoms with E-state index < -0.39 is 0 Å². The minimum atomic E-state index is 0.280. The highest BCUT2D eigenvalue weighted by Crippen LogP contribution is 2.23. The third kappa shape index (κ3) is 2.24. The number of piperidine rings is 1. The molecule has 1 aromatic carbocycles. The van der Waals surface area contributed by atoms with Gasteiger partial charge in [0.1, 0.15) is 5.75 Å². The van der Waals surface area contributed by atoms with Crippen molar-refractivity contribution in [1.29, 1.82) is 0 Å². The van der Waals surface area contributed by atoms with Crippen LogP contribution in [0.2, 0.25) is 0 Å². The molecule has 0 saturated carbocycles. The number of rotatable bonds is 2. The van der Waals surface area contributed by atoms with Gasteiger partial charge in [0.05, 0.1) is 11.9 Å². The molecule has 0 radical (unpaired) electrons. The van der Waals surface area contributed by atoms with Crippen molar-refractivity contribution in [1.82, 2.24) is 15.1 Å². The van der Waals surface area contributed by atoms with Gasteiger partial charge in [-0.25, -0.2) is 4.68 Å². The Bertz CT molecular complexity index is 512. The van der Waals surface area contributed by atoms with Crippen molar-refractivity contribution < 1.29 is 5.11 Å². The third-order valence-electron chi connectivity index (χ3n) is 3.49. The molecule has 0 amide bonds. The average molecular weight is 243 g/mol. The molecular formula is C14H17N3O. The van der Waals surface area contributed by atoms with Crippen molar-refractivity contribution in [2.24, 2.45) is 0 Å². The quantitative estimate of drug-likeness (QED) is 0.848. The van der Waals surface area contributed by atoms with Crippen LogP contribution in [0.3, 0.4) is 0 Å². The standard InChI is InChI=1S/C14H17N3O/c18-14-5-3-13(4-6-14)17-10-12(9-16-17)11-2-1-7-15-8-11/h3-6,9-11,15,18H,1-2,7-8H2. The molecule has 1 unspecified atom stereocenters. The van der Waals surface area contributed by atoms with Crippen LogP contribution in [0.4, 0.5) is 0 Å². The van der Waals surface area contributed by atoms with E-state index in [1.54, 1.807) is 12.1 Å². The fourth-order valence-electron chi connectivity index (χ4n) is 2.43. The summed E-state index contributed by atoms with van der Waals surface area (Å²) in [5.74, 6) is 0.854. The molecule has 18 heavy (non-hydrogen) atoms. The van der Waals surface area contributed by atoms with Crippen LogP contribution >= 0.6 is 0 Å². The van der Waals surface area contributed by atoms with Gasteiger partial charge in [0.25, 0.3) is 0 Å². The smallest absolute Gasteiger partial charge is 0.115 e. The average Bonchev–Trinajstić information content (AvgIpc) is 2.90. The number of phenols is 1. The van der Waals surface area contributed by atoms with Crippen LogP contribution in [0, 0.1) is 0 Å². The maximum atomic E-state index is 9.27. The lowest BCUT2D eigenvalue weighted by Crippen LogP contribution is -2.28. The van der Waals surface area contributed by atoms with Crippen LogP contribution in [0.15, 0.2) is 36.7 Å². The first-order valence-corrected chi connectivity index (χ1v) is 6.37. The van der Waals surface area contributed by atoms with Gasteiger partial charge in [-0.2, -0.15) is 5.10 Å². The summed E-state index contributed by atoms with van der Waals surface area (Å²) in [7, 11) is 0. The predicted octanol–water partition coefficient (Wildman–Crippen LogP) is 2.04. The van der Waals surface area contributed by atoms with E-state index in [2.05, 4.69) is 16.6 Å². The summed E-state index contributed by atoms with van der Waals surface area (Å²) in [5, 5.41) is 17.1. The van der Waals surface area contributed by atoms with E-state index in [0.717, 1.165) is 18.8 Å². The zero-order chi connectivity index (χ0) is 12.4. The third-order valence-corrected chi connectivity index (χ3v) is 3.49. The van der Waals surface area contributed by atoms with Crippen molar-refractivity contribution in [3.8, 4) is 11.4 Å². The maximum absolute atomic E-state index is 9.27. The summed E-state index contributed by atoms with van der Waals surface area (Å²) >= 11 is 0. The Hall–Kier alpha value is -1.81. The molecule has 0 bridgehead atoms. The van der Waals surface area contributed by atoms with E-state index in [1.807, 2.05) is 23.0 Å². The van der Waals surface area contributed by atoms with E-state index in [9.17, 15) is 5.11 Å². The van der Waals surface area contributed by atoms with Gasteiger partial charge in [-0.1, -0.05) is 0 Å². The molecule has 0 aliphatic carbocycles. The largest absolute Gasteiger partial charge is 0.508 e. The van der Waals surface area contributed by atoms with Crippen molar-refractivity contribution in [3.05, 3.63) is 42.2 Å². The molecular weight excluding hydrogens is 226 g/mol. The Morgan fingerprint density at radius 2 is 2.11 bits per heavy atom. The minimum absolute atomic E-state index is 0.280. The zero-order valence-corrected chi connectivity index (χ0v) is 10.2. The van der Waals surface area contributed by atoms with Gasteiger partial charge in [0, 0.05) is 12.7 Å². The van der Waals surface area contributed by atoms with Gasteiger partial charge in [-0.05, 0) is 55.1 Å². The Morgan fingerprint density at radius 1 is 1.28 bits per heavy atom. The van der Waals surface area contributed by atoms with Crippen LogP contribution in [0.25, 0.3) is 5.69 Å². The first-order valence-electron chi connectivity index (χ1n) is 6.37. The number of hydrogen-bond donors (Lipinski definition) is 2. The molecule has 1 atom stereocenters. The van der Waals surface area contributed by atoms with Crippen LogP contribution in [0.5, 0.6) is 5.75 Å². The Morgan fingerprint density at radius 3 is 2.83 bits per heavy atom. The number of hydrogen-bond acceptors (Lipinski definition) is 3. The highest BCUT2D eigenvalue weighted by Gasteiger charge is 2.16. The van der Waals surface area contributed by atoms with E-state index in [1.165, 1.54) is 18.4 Å². The fourth-order valence-corrected chi connectivity index (χ4v) is 2.43. The SMILES string of the molecule is Oc1ccc(-n2cc(C3CCCNC3)cn2)cc1. The second-order valence-electron chi connectivity index (χ2n) is 4.78. The monoisotopic (exact) mass is 243 g/mol. The molecule has 3 rings (SSSR count). The lowest BCUT2D eigenvalue weighted by molar-refractivity contribution is 0.461. The van der Waals surface area contributed by atoms with Gasteiger partial charge in [0.15, 0.2) is 0 Å². The van der Waals surface area contributed by atoms with Crippen molar-refractivity contribution >= 4 is 0 Å². The maximum Gasteiger partial charge on any atom is 0.115 e. The molecule has 1 fully saturated rings. The highest BCUT2D eigenvalue weighted by atomic mass is 16.3. The number of nitrogens with zero attached hydrogens (tertiary/aromatic N) is 2. The number of nitrogens with one attached hydrogen (secondary N) is 1. The minimum Gasteiger partial charge on any atom is -0.508 e. The van der Waals surface area contributed by atoms with Crippen LogP contribution < -0.4 is 5.32 Å². The van der Waals surface area contributed by atoms with Gasteiger partial charge >= 0.3 is 0 Å². The second kappa shape index (κ2) is 4.82. The summed E-state index contributed by atoms with van der Waals surface area (Å²) in [6, 6.07) is 7.09. The van der Waals surface area contributed by atoms with E-state index >= 15 is 0 Å². The topological polar surface area (TPSA) is 50.1 Å². The molecule has 1 aliphatic rings. The van der Waals surface area contributed by atoms with Gasteiger partial charge in [0.2, 0.25) is 0 Å². The molecule has 2 heterocycles. The summed E-state index contributed by atoms with van der Waals surface area (Å²) in [5.41, 5.74) is 2.26. The van der Waals surface area contributed by atoms with E-state index in [4.69, 9.17) is 0 Å². The number of benzene rings is 1. The summed E-state index contributed by atoms with van der Waals surface area (Å²) in [6.07, 6.45) is 6.50. The van der Waals surface area contributed by atoms with Crippen molar-refractivity contribution in [2.75, 3.05) is 13.1 Å². The first kappa shape index (κ1) is 11.3. The molecule has 1 saturated heterocycles.